The number of nitrogens with zero attached hydrogens (tertiary/aromatic N) is 1. The monoisotopic (exact) mass is 409 g/mol. The quantitative estimate of drug-likeness (QED) is 0.580. The first kappa shape index (κ1) is 20.5. The number of nitrogens with one attached hydrogen (secondary N) is 2. The summed E-state index contributed by atoms with van der Waals surface area (Å²) in [4.78, 5) is 26.6. The number of esters is 1. The minimum atomic E-state index is -0.420. The van der Waals surface area contributed by atoms with Crippen LogP contribution in [-0.2, 0) is 9.53 Å². The van der Waals surface area contributed by atoms with E-state index in [-0.39, 0.29) is 11.9 Å². The molecule has 2 aromatic carbocycles. The third-order valence-corrected chi connectivity index (χ3v) is 5.18. The second-order valence-electron chi connectivity index (χ2n) is 6.60. The van der Waals surface area contributed by atoms with Crippen LogP contribution in [0.2, 0.25) is 0 Å². The molecule has 1 aliphatic heterocycles. The Morgan fingerprint density at radius 1 is 1.14 bits per heavy atom. The van der Waals surface area contributed by atoms with Gasteiger partial charge in [0.1, 0.15) is 0 Å². The molecule has 0 spiro atoms. The molecular formula is C22H23N3O3S. The molecule has 1 heterocycles. The van der Waals surface area contributed by atoms with E-state index in [1.54, 1.807) is 36.1 Å². The smallest absolute Gasteiger partial charge is 0.338 e. The number of thiocarbonyl (C=S) groups is 1. The summed E-state index contributed by atoms with van der Waals surface area (Å²) in [5.41, 5.74) is 3.36. The van der Waals surface area contributed by atoms with Crippen molar-refractivity contribution in [3.63, 3.8) is 0 Å². The van der Waals surface area contributed by atoms with Crippen molar-refractivity contribution in [3.05, 3.63) is 77.0 Å². The van der Waals surface area contributed by atoms with Crippen molar-refractivity contribution < 1.29 is 14.3 Å². The molecule has 0 saturated heterocycles. The van der Waals surface area contributed by atoms with Crippen molar-refractivity contribution in [1.29, 1.82) is 0 Å². The van der Waals surface area contributed by atoms with Crippen molar-refractivity contribution in [1.82, 2.24) is 10.2 Å². The van der Waals surface area contributed by atoms with Gasteiger partial charge in [0.2, 0.25) is 0 Å². The van der Waals surface area contributed by atoms with Crippen molar-refractivity contribution in [3.8, 4) is 0 Å². The summed E-state index contributed by atoms with van der Waals surface area (Å²) < 4.78 is 5.25. The van der Waals surface area contributed by atoms with E-state index in [4.69, 9.17) is 17.0 Å². The van der Waals surface area contributed by atoms with E-state index in [1.165, 1.54) is 0 Å². The molecule has 6 nitrogen and oxygen atoms in total. The number of allylic oxidation sites excluding steroid dienone is 1. The minimum absolute atomic E-state index is 0.181. The molecule has 1 unspecified atom stereocenters. The Labute approximate surface area is 175 Å². The summed E-state index contributed by atoms with van der Waals surface area (Å²) in [5, 5.41) is 6.60. The SMILES string of the molecule is CCOC(=O)C1=C(C)N(C)C(=S)NC1c1ccc(NC(=O)c2ccccc2)cc1. The summed E-state index contributed by atoms with van der Waals surface area (Å²) in [6.45, 7) is 3.92. The molecule has 3 rings (SSSR count). The fourth-order valence-electron chi connectivity index (χ4n) is 3.11. The molecule has 2 N–H and O–H groups in total. The zero-order valence-electron chi connectivity index (χ0n) is 16.6. The van der Waals surface area contributed by atoms with Gasteiger partial charge in [-0.05, 0) is 55.9 Å². The minimum Gasteiger partial charge on any atom is -0.463 e. The van der Waals surface area contributed by atoms with Gasteiger partial charge >= 0.3 is 5.97 Å². The second kappa shape index (κ2) is 8.87. The highest BCUT2D eigenvalue weighted by Crippen LogP contribution is 2.31. The van der Waals surface area contributed by atoms with Crippen LogP contribution in [0.4, 0.5) is 5.69 Å². The maximum absolute atomic E-state index is 12.6. The second-order valence-corrected chi connectivity index (χ2v) is 6.99. The van der Waals surface area contributed by atoms with Crippen LogP contribution in [0.15, 0.2) is 65.9 Å². The van der Waals surface area contributed by atoms with Gasteiger partial charge in [0.15, 0.2) is 5.11 Å². The van der Waals surface area contributed by atoms with Gasteiger partial charge in [-0.1, -0.05) is 30.3 Å². The number of hydrogen-bond acceptors (Lipinski definition) is 4. The molecule has 2 aromatic rings. The van der Waals surface area contributed by atoms with Crippen LogP contribution in [-0.4, -0.2) is 35.5 Å². The van der Waals surface area contributed by atoms with E-state index in [2.05, 4.69) is 10.6 Å². The number of carbonyl (C=O) groups is 2. The molecule has 1 atom stereocenters. The fraction of sp³-hybridized carbons (Fsp3) is 0.227. The summed E-state index contributed by atoms with van der Waals surface area (Å²) in [7, 11) is 1.81. The molecule has 1 amide bonds. The van der Waals surface area contributed by atoms with Gasteiger partial charge in [-0.25, -0.2) is 4.79 Å². The zero-order valence-corrected chi connectivity index (χ0v) is 17.4. The molecule has 0 aliphatic carbocycles. The first-order chi connectivity index (χ1) is 13.9. The maximum Gasteiger partial charge on any atom is 0.338 e. The van der Waals surface area contributed by atoms with Gasteiger partial charge in [-0.2, -0.15) is 0 Å². The zero-order chi connectivity index (χ0) is 21.0. The highest BCUT2D eigenvalue weighted by Gasteiger charge is 2.33. The van der Waals surface area contributed by atoms with Crippen LogP contribution >= 0.6 is 12.2 Å². The average Bonchev–Trinajstić information content (AvgIpc) is 2.73. The van der Waals surface area contributed by atoms with Crippen LogP contribution in [0, 0.1) is 0 Å². The lowest BCUT2D eigenvalue weighted by Gasteiger charge is -2.35. The van der Waals surface area contributed by atoms with Crippen molar-refractivity contribution in [2.75, 3.05) is 19.0 Å². The molecule has 0 bridgehead atoms. The molecule has 0 radical (unpaired) electrons. The van der Waals surface area contributed by atoms with Crippen molar-refractivity contribution in [2.45, 2.75) is 19.9 Å². The largest absolute Gasteiger partial charge is 0.463 e. The lowest BCUT2D eigenvalue weighted by Crippen LogP contribution is -2.46. The molecule has 29 heavy (non-hydrogen) atoms. The van der Waals surface area contributed by atoms with E-state index in [0.29, 0.717) is 28.5 Å². The third kappa shape index (κ3) is 4.46. The number of carbonyl (C=O) groups excluding carboxylic acids is 2. The van der Waals surface area contributed by atoms with Gasteiger partial charge in [0.25, 0.3) is 5.91 Å². The normalized spacial score (nSPS) is 16.3. The Bertz CT molecular complexity index is 955. The Balaban J connectivity index is 1.84. The number of anilines is 1. The van der Waals surface area contributed by atoms with E-state index in [0.717, 1.165) is 11.3 Å². The van der Waals surface area contributed by atoms with E-state index < -0.39 is 6.04 Å². The van der Waals surface area contributed by atoms with Gasteiger partial charge < -0.3 is 20.3 Å². The summed E-state index contributed by atoms with van der Waals surface area (Å²) >= 11 is 5.40. The maximum atomic E-state index is 12.6. The van der Waals surface area contributed by atoms with Crippen LogP contribution in [0.5, 0.6) is 0 Å². The molecule has 0 saturated carbocycles. The Morgan fingerprint density at radius 3 is 2.41 bits per heavy atom. The first-order valence-corrected chi connectivity index (χ1v) is 9.71. The predicted molar refractivity (Wildman–Crippen MR) is 116 cm³/mol. The topological polar surface area (TPSA) is 70.7 Å². The summed E-state index contributed by atoms with van der Waals surface area (Å²) in [5.74, 6) is -0.557. The molecule has 0 fully saturated rings. The van der Waals surface area contributed by atoms with Crippen LogP contribution in [0.1, 0.15) is 35.8 Å². The number of rotatable bonds is 5. The van der Waals surface area contributed by atoms with Crippen molar-refractivity contribution >= 4 is 34.9 Å². The Hall–Kier alpha value is -3.19. The lowest BCUT2D eigenvalue weighted by atomic mass is 9.95. The summed E-state index contributed by atoms with van der Waals surface area (Å²) in [6.07, 6.45) is 0. The third-order valence-electron chi connectivity index (χ3n) is 4.79. The van der Waals surface area contributed by atoms with Gasteiger partial charge in [0.05, 0.1) is 18.2 Å². The van der Waals surface area contributed by atoms with Gasteiger partial charge in [-0.3, -0.25) is 4.79 Å². The predicted octanol–water partition coefficient (Wildman–Crippen LogP) is 3.64. The van der Waals surface area contributed by atoms with Gasteiger partial charge in [0, 0.05) is 24.0 Å². The lowest BCUT2D eigenvalue weighted by molar-refractivity contribution is -0.139. The van der Waals surface area contributed by atoms with E-state index in [1.807, 2.05) is 44.3 Å². The standard InChI is InChI=1S/C22H23N3O3S/c1-4-28-21(27)18-14(2)25(3)22(29)24-19(18)15-10-12-17(13-11-15)23-20(26)16-8-6-5-7-9-16/h5-13,19H,4H2,1-3H3,(H,23,26)(H,24,29). The van der Waals surface area contributed by atoms with Crippen LogP contribution in [0.3, 0.4) is 0 Å². The number of benzene rings is 2. The highest BCUT2D eigenvalue weighted by molar-refractivity contribution is 7.80. The highest BCUT2D eigenvalue weighted by atomic mass is 32.1. The first-order valence-electron chi connectivity index (χ1n) is 9.30. The molecule has 1 aliphatic rings. The number of amides is 1. The number of hydrogen-bond donors (Lipinski definition) is 2. The fourth-order valence-corrected chi connectivity index (χ4v) is 3.37. The van der Waals surface area contributed by atoms with E-state index in [9.17, 15) is 9.59 Å². The Morgan fingerprint density at radius 2 is 1.79 bits per heavy atom. The molecular weight excluding hydrogens is 386 g/mol. The Kier molecular flexibility index (Phi) is 6.29. The number of ether oxygens (including phenoxy) is 1. The van der Waals surface area contributed by atoms with Crippen LogP contribution in [0.25, 0.3) is 0 Å². The molecule has 7 heteroatoms. The molecule has 150 valence electrons. The van der Waals surface area contributed by atoms with E-state index >= 15 is 0 Å². The summed E-state index contributed by atoms with van der Waals surface area (Å²) in [6, 6.07) is 15.9. The van der Waals surface area contributed by atoms with Gasteiger partial charge in [-0.15, -0.1) is 0 Å². The molecule has 0 aromatic heterocycles. The van der Waals surface area contributed by atoms with Crippen molar-refractivity contribution in [2.24, 2.45) is 0 Å². The van der Waals surface area contributed by atoms with Crippen LogP contribution < -0.4 is 10.6 Å². The average molecular weight is 410 g/mol.